The van der Waals surface area contributed by atoms with Crippen molar-refractivity contribution in [1.82, 2.24) is 4.90 Å². The third-order valence-corrected chi connectivity index (χ3v) is 2.18. The average Bonchev–Trinajstić information content (AvgIpc) is 2.08. The number of aliphatic carboxylic acids is 1. The summed E-state index contributed by atoms with van der Waals surface area (Å²) in [7, 11) is 0. The molecule has 0 saturated carbocycles. The Balaban J connectivity index is 3.76. The Morgan fingerprint density at radius 2 is 1.93 bits per heavy atom. The van der Waals surface area contributed by atoms with Crippen LogP contribution in [0.25, 0.3) is 0 Å². The van der Waals surface area contributed by atoms with Crippen molar-refractivity contribution in [2.45, 2.75) is 39.2 Å². The molecule has 0 aromatic carbocycles. The van der Waals surface area contributed by atoms with Crippen LogP contribution in [0, 0.1) is 0 Å². The molecule has 0 aliphatic heterocycles. The van der Waals surface area contributed by atoms with E-state index in [9.17, 15) is 9.59 Å². The van der Waals surface area contributed by atoms with Crippen LogP contribution in [0.15, 0.2) is 0 Å². The summed E-state index contributed by atoms with van der Waals surface area (Å²) in [6.45, 7) is 4.93. The van der Waals surface area contributed by atoms with Crippen LogP contribution in [0.4, 0.5) is 0 Å². The predicted molar refractivity (Wildman–Crippen MR) is 57.4 cm³/mol. The van der Waals surface area contributed by atoms with Crippen LogP contribution < -0.4 is 5.73 Å². The first kappa shape index (κ1) is 13.9. The van der Waals surface area contributed by atoms with E-state index in [0.29, 0.717) is 13.0 Å². The van der Waals surface area contributed by atoms with E-state index in [1.54, 1.807) is 0 Å². The molecule has 0 rings (SSSR count). The van der Waals surface area contributed by atoms with Gasteiger partial charge in [-0.3, -0.25) is 14.5 Å². The average molecular weight is 216 g/mol. The largest absolute Gasteiger partial charge is 0.481 e. The molecule has 15 heavy (non-hydrogen) atoms. The molecule has 5 nitrogen and oxygen atoms in total. The lowest BCUT2D eigenvalue weighted by Gasteiger charge is -2.24. The number of carbonyl (C=O) groups is 2. The van der Waals surface area contributed by atoms with Gasteiger partial charge in [0.15, 0.2) is 0 Å². The minimum absolute atomic E-state index is 0.183. The molecule has 88 valence electrons. The number of hydrogen-bond acceptors (Lipinski definition) is 3. The van der Waals surface area contributed by atoms with Gasteiger partial charge in [-0.05, 0) is 33.2 Å². The highest BCUT2D eigenvalue weighted by Crippen LogP contribution is 2.02. The van der Waals surface area contributed by atoms with Gasteiger partial charge in [0.25, 0.3) is 0 Å². The second kappa shape index (κ2) is 7.23. The molecule has 0 radical (unpaired) electrons. The van der Waals surface area contributed by atoms with E-state index in [0.717, 1.165) is 6.42 Å². The van der Waals surface area contributed by atoms with E-state index in [1.165, 1.54) is 0 Å². The zero-order chi connectivity index (χ0) is 11.8. The van der Waals surface area contributed by atoms with Gasteiger partial charge in [0.2, 0.25) is 5.91 Å². The van der Waals surface area contributed by atoms with Gasteiger partial charge in [0.1, 0.15) is 0 Å². The molecule has 0 aliphatic rings. The molecular weight excluding hydrogens is 196 g/mol. The third kappa shape index (κ3) is 7.93. The molecular formula is C10H20N2O3. The normalized spacial score (nSPS) is 10.9. The molecule has 0 aromatic heterocycles. The van der Waals surface area contributed by atoms with Gasteiger partial charge in [-0.2, -0.15) is 0 Å². The summed E-state index contributed by atoms with van der Waals surface area (Å²) >= 11 is 0. The SMILES string of the molecule is CC(C)N(CCCCC(=O)O)CC(N)=O. The van der Waals surface area contributed by atoms with E-state index in [1.807, 2.05) is 18.7 Å². The lowest BCUT2D eigenvalue weighted by molar-refractivity contribution is -0.137. The monoisotopic (exact) mass is 216 g/mol. The van der Waals surface area contributed by atoms with Crippen molar-refractivity contribution >= 4 is 11.9 Å². The maximum atomic E-state index is 10.7. The van der Waals surface area contributed by atoms with Gasteiger partial charge >= 0.3 is 5.97 Å². The molecule has 0 aliphatic carbocycles. The number of hydrogen-bond donors (Lipinski definition) is 2. The number of carbonyl (C=O) groups excluding carboxylic acids is 1. The molecule has 0 bridgehead atoms. The van der Waals surface area contributed by atoms with Gasteiger partial charge in [-0.1, -0.05) is 0 Å². The summed E-state index contributed by atoms with van der Waals surface area (Å²) in [5, 5.41) is 8.45. The zero-order valence-electron chi connectivity index (χ0n) is 9.40. The summed E-state index contributed by atoms with van der Waals surface area (Å²) in [4.78, 5) is 23.0. The summed E-state index contributed by atoms with van der Waals surface area (Å²) in [5.74, 6) is -1.12. The van der Waals surface area contributed by atoms with Crippen molar-refractivity contribution in [1.29, 1.82) is 0 Å². The first-order valence-corrected chi connectivity index (χ1v) is 5.17. The van der Waals surface area contributed by atoms with E-state index in [-0.39, 0.29) is 24.9 Å². The second-order valence-corrected chi connectivity index (χ2v) is 3.88. The maximum Gasteiger partial charge on any atom is 0.303 e. The van der Waals surface area contributed by atoms with Crippen molar-refractivity contribution in [2.24, 2.45) is 5.73 Å². The van der Waals surface area contributed by atoms with E-state index in [4.69, 9.17) is 10.8 Å². The lowest BCUT2D eigenvalue weighted by Crippen LogP contribution is -2.39. The lowest BCUT2D eigenvalue weighted by atomic mass is 10.2. The molecule has 0 atom stereocenters. The minimum atomic E-state index is -0.777. The topological polar surface area (TPSA) is 83.6 Å². The summed E-state index contributed by atoms with van der Waals surface area (Å²) in [5.41, 5.74) is 5.11. The Morgan fingerprint density at radius 1 is 1.33 bits per heavy atom. The first-order chi connectivity index (χ1) is 6.93. The number of carboxylic acids is 1. The first-order valence-electron chi connectivity index (χ1n) is 5.17. The van der Waals surface area contributed by atoms with Gasteiger partial charge in [0.05, 0.1) is 6.54 Å². The van der Waals surface area contributed by atoms with Crippen LogP contribution in [0.2, 0.25) is 0 Å². The standard InChI is InChI=1S/C10H20N2O3/c1-8(2)12(7-9(11)13)6-4-3-5-10(14)15/h8H,3-7H2,1-2H3,(H2,11,13)(H,14,15). The molecule has 0 aromatic rings. The molecule has 1 amide bonds. The Morgan fingerprint density at radius 3 is 2.33 bits per heavy atom. The fraction of sp³-hybridized carbons (Fsp3) is 0.800. The van der Waals surface area contributed by atoms with E-state index < -0.39 is 5.97 Å². The highest BCUT2D eigenvalue weighted by Gasteiger charge is 2.11. The molecule has 0 spiro atoms. The van der Waals surface area contributed by atoms with Crippen molar-refractivity contribution in [3.8, 4) is 0 Å². The van der Waals surface area contributed by atoms with Crippen LogP contribution in [-0.4, -0.2) is 41.0 Å². The zero-order valence-corrected chi connectivity index (χ0v) is 9.40. The summed E-state index contributed by atoms with van der Waals surface area (Å²) < 4.78 is 0. The molecule has 3 N–H and O–H groups in total. The number of nitrogens with two attached hydrogens (primary N) is 1. The van der Waals surface area contributed by atoms with Crippen LogP contribution in [0.3, 0.4) is 0 Å². The summed E-state index contributed by atoms with van der Waals surface area (Å²) in [6.07, 6.45) is 1.59. The van der Waals surface area contributed by atoms with Crippen molar-refractivity contribution in [3.05, 3.63) is 0 Å². The highest BCUT2D eigenvalue weighted by atomic mass is 16.4. The number of unbranched alkanes of at least 4 members (excludes halogenated alkanes) is 1. The van der Waals surface area contributed by atoms with Crippen LogP contribution >= 0.6 is 0 Å². The summed E-state index contributed by atoms with van der Waals surface area (Å²) in [6, 6.07) is 0.252. The fourth-order valence-electron chi connectivity index (χ4n) is 1.31. The van der Waals surface area contributed by atoms with E-state index >= 15 is 0 Å². The van der Waals surface area contributed by atoms with Crippen molar-refractivity contribution in [2.75, 3.05) is 13.1 Å². The van der Waals surface area contributed by atoms with Crippen LogP contribution in [-0.2, 0) is 9.59 Å². The van der Waals surface area contributed by atoms with Crippen LogP contribution in [0.1, 0.15) is 33.1 Å². The van der Waals surface area contributed by atoms with Gasteiger partial charge in [-0.25, -0.2) is 0 Å². The van der Waals surface area contributed by atoms with E-state index in [2.05, 4.69) is 0 Å². The van der Waals surface area contributed by atoms with Gasteiger partial charge < -0.3 is 10.8 Å². The number of carboxylic acid groups (broad SMARTS) is 1. The van der Waals surface area contributed by atoms with Crippen molar-refractivity contribution in [3.63, 3.8) is 0 Å². The molecule has 5 heteroatoms. The Labute approximate surface area is 90.2 Å². The highest BCUT2D eigenvalue weighted by molar-refractivity contribution is 5.75. The maximum absolute atomic E-state index is 10.7. The predicted octanol–water partition coefficient (Wildman–Crippen LogP) is 0.437. The number of amides is 1. The second-order valence-electron chi connectivity index (χ2n) is 3.88. The number of primary amides is 1. The minimum Gasteiger partial charge on any atom is -0.481 e. The fourth-order valence-corrected chi connectivity index (χ4v) is 1.31. The number of rotatable bonds is 8. The van der Waals surface area contributed by atoms with Crippen molar-refractivity contribution < 1.29 is 14.7 Å². The quantitative estimate of drug-likeness (QED) is 0.576. The molecule has 0 heterocycles. The Hall–Kier alpha value is -1.10. The molecule has 0 saturated heterocycles. The molecule has 0 fully saturated rings. The third-order valence-electron chi connectivity index (χ3n) is 2.18. The van der Waals surface area contributed by atoms with Gasteiger partial charge in [0, 0.05) is 12.5 Å². The smallest absolute Gasteiger partial charge is 0.303 e. The Kier molecular flexibility index (Phi) is 6.70. The van der Waals surface area contributed by atoms with Crippen LogP contribution in [0.5, 0.6) is 0 Å². The Bertz CT molecular complexity index is 217. The number of nitrogens with zero attached hydrogens (tertiary/aromatic N) is 1. The van der Waals surface area contributed by atoms with Gasteiger partial charge in [-0.15, -0.1) is 0 Å². The molecule has 0 unspecified atom stereocenters.